The van der Waals surface area contributed by atoms with E-state index in [4.69, 9.17) is 10.5 Å². The maximum Gasteiger partial charge on any atom is 0.128 e. The van der Waals surface area contributed by atoms with Crippen molar-refractivity contribution in [3.05, 3.63) is 35.6 Å². The van der Waals surface area contributed by atoms with Gasteiger partial charge in [0.25, 0.3) is 0 Å². The van der Waals surface area contributed by atoms with Crippen LogP contribution in [0.4, 0.5) is 4.39 Å². The van der Waals surface area contributed by atoms with Crippen LogP contribution in [-0.2, 0) is 4.74 Å². The van der Waals surface area contributed by atoms with Crippen molar-refractivity contribution in [3.8, 4) is 0 Å². The fourth-order valence-electron chi connectivity index (χ4n) is 1.45. The molecule has 17 heavy (non-hydrogen) atoms. The van der Waals surface area contributed by atoms with Gasteiger partial charge in [-0.05, 0) is 17.9 Å². The van der Waals surface area contributed by atoms with Gasteiger partial charge in [0, 0.05) is 12.2 Å². The molecule has 0 aromatic heterocycles. The van der Waals surface area contributed by atoms with E-state index >= 15 is 0 Å². The predicted molar refractivity (Wildman–Crippen MR) is 68.2 cm³/mol. The highest BCUT2D eigenvalue weighted by molar-refractivity contribution is 5.20. The highest BCUT2D eigenvalue weighted by Gasteiger charge is 2.12. The molecule has 1 aromatic rings. The summed E-state index contributed by atoms with van der Waals surface area (Å²) in [7, 11) is 0. The quantitative estimate of drug-likeness (QED) is 0.800. The third kappa shape index (κ3) is 5.29. The van der Waals surface area contributed by atoms with E-state index in [1.807, 2.05) is 0 Å². The average Bonchev–Trinajstić information content (AvgIpc) is 2.23. The van der Waals surface area contributed by atoms with Crippen molar-refractivity contribution in [1.29, 1.82) is 0 Å². The van der Waals surface area contributed by atoms with Crippen LogP contribution in [-0.4, -0.2) is 13.2 Å². The first kappa shape index (κ1) is 14.1. The minimum Gasteiger partial charge on any atom is -0.379 e. The standard InChI is InChI=1S/C14H22FNO/c1-14(2,3)8-9-17-10-13(16)11-6-4-5-7-12(11)15/h4-7,13H,8-10,16H2,1-3H3. The third-order valence-electron chi connectivity index (χ3n) is 2.60. The molecule has 0 bridgehead atoms. The average molecular weight is 239 g/mol. The Morgan fingerprint density at radius 1 is 1.29 bits per heavy atom. The van der Waals surface area contributed by atoms with Gasteiger partial charge in [-0.15, -0.1) is 0 Å². The van der Waals surface area contributed by atoms with Crippen molar-refractivity contribution < 1.29 is 9.13 Å². The van der Waals surface area contributed by atoms with Crippen LogP contribution < -0.4 is 5.73 Å². The molecule has 0 heterocycles. The lowest BCUT2D eigenvalue weighted by Crippen LogP contribution is -2.20. The molecule has 0 saturated carbocycles. The smallest absolute Gasteiger partial charge is 0.128 e. The van der Waals surface area contributed by atoms with Crippen LogP contribution in [0.15, 0.2) is 24.3 Å². The van der Waals surface area contributed by atoms with Gasteiger partial charge in [0.15, 0.2) is 0 Å². The maximum absolute atomic E-state index is 13.4. The van der Waals surface area contributed by atoms with Crippen LogP contribution in [0.25, 0.3) is 0 Å². The van der Waals surface area contributed by atoms with Crippen LogP contribution in [0.2, 0.25) is 0 Å². The summed E-state index contributed by atoms with van der Waals surface area (Å²) in [5.41, 5.74) is 6.65. The minimum atomic E-state index is -0.392. The molecular weight excluding hydrogens is 217 g/mol. The van der Waals surface area contributed by atoms with E-state index in [-0.39, 0.29) is 11.2 Å². The van der Waals surface area contributed by atoms with Gasteiger partial charge >= 0.3 is 0 Å². The first-order valence-corrected chi connectivity index (χ1v) is 5.98. The van der Waals surface area contributed by atoms with Gasteiger partial charge in [0.1, 0.15) is 5.82 Å². The van der Waals surface area contributed by atoms with Gasteiger partial charge in [0.2, 0.25) is 0 Å². The molecule has 0 radical (unpaired) electrons. The molecule has 1 rings (SSSR count). The largest absolute Gasteiger partial charge is 0.379 e. The molecule has 2 N–H and O–H groups in total. The zero-order valence-electron chi connectivity index (χ0n) is 10.9. The van der Waals surface area contributed by atoms with E-state index in [1.165, 1.54) is 6.07 Å². The maximum atomic E-state index is 13.4. The lowest BCUT2D eigenvalue weighted by molar-refractivity contribution is 0.0968. The third-order valence-corrected chi connectivity index (χ3v) is 2.60. The molecule has 0 spiro atoms. The van der Waals surface area contributed by atoms with Gasteiger partial charge in [-0.1, -0.05) is 39.0 Å². The van der Waals surface area contributed by atoms with Crippen molar-refractivity contribution in [3.63, 3.8) is 0 Å². The Morgan fingerprint density at radius 3 is 2.53 bits per heavy atom. The highest BCUT2D eigenvalue weighted by atomic mass is 19.1. The second-order valence-corrected chi connectivity index (χ2v) is 5.51. The topological polar surface area (TPSA) is 35.2 Å². The molecule has 0 aliphatic rings. The summed E-state index contributed by atoms with van der Waals surface area (Å²) in [4.78, 5) is 0. The number of ether oxygens (including phenoxy) is 1. The van der Waals surface area contributed by atoms with E-state index < -0.39 is 6.04 Å². The monoisotopic (exact) mass is 239 g/mol. The van der Waals surface area contributed by atoms with Crippen LogP contribution in [0.1, 0.15) is 38.8 Å². The lowest BCUT2D eigenvalue weighted by atomic mass is 9.93. The molecule has 1 unspecified atom stereocenters. The number of halogens is 1. The normalized spacial score (nSPS) is 13.7. The summed E-state index contributed by atoms with van der Waals surface area (Å²) in [5.74, 6) is -0.264. The Hall–Kier alpha value is -0.930. The van der Waals surface area contributed by atoms with Crippen molar-refractivity contribution in [2.24, 2.45) is 11.1 Å². The Bertz CT molecular complexity index is 346. The molecule has 0 amide bonds. The van der Waals surface area contributed by atoms with Gasteiger partial charge in [-0.25, -0.2) is 4.39 Å². The summed E-state index contributed by atoms with van der Waals surface area (Å²) >= 11 is 0. The Labute approximate surface area is 103 Å². The molecule has 96 valence electrons. The van der Waals surface area contributed by atoms with Crippen molar-refractivity contribution in [1.82, 2.24) is 0 Å². The molecule has 0 saturated heterocycles. The molecule has 3 heteroatoms. The summed E-state index contributed by atoms with van der Waals surface area (Å²) in [5, 5.41) is 0. The van der Waals surface area contributed by atoms with Crippen LogP contribution in [0.3, 0.4) is 0 Å². The van der Waals surface area contributed by atoms with Crippen LogP contribution >= 0.6 is 0 Å². The molecule has 0 aliphatic heterocycles. The van der Waals surface area contributed by atoms with E-state index in [1.54, 1.807) is 18.2 Å². The fraction of sp³-hybridized carbons (Fsp3) is 0.571. The number of hydrogen-bond donors (Lipinski definition) is 1. The molecule has 1 atom stereocenters. The number of nitrogens with two attached hydrogens (primary N) is 1. The van der Waals surface area contributed by atoms with Gasteiger partial charge in [0.05, 0.1) is 12.6 Å². The Morgan fingerprint density at radius 2 is 1.94 bits per heavy atom. The summed E-state index contributed by atoms with van der Waals surface area (Å²) in [6.07, 6.45) is 0.969. The second kappa shape index (κ2) is 6.12. The molecule has 0 fully saturated rings. The Balaban J connectivity index is 2.36. The minimum absolute atomic E-state index is 0.252. The summed E-state index contributed by atoms with van der Waals surface area (Å²) < 4.78 is 18.9. The van der Waals surface area contributed by atoms with Crippen LogP contribution in [0.5, 0.6) is 0 Å². The van der Waals surface area contributed by atoms with E-state index in [0.29, 0.717) is 18.8 Å². The van der Waals surface area contributed by atoms with Crippen LogP contribution in [0, 0.1) is 11.2 Å². The van der Waals surface area contributed by atoms with E-state index in [2.05, 4.69) is 20.8 Å². The summed E-state index contributed by atoms with van der Waals surface area (Å²) in [6, 6.07) is 6.17. The van der Waals surface area contributed by atoms with Crippen molar-refractivity contribution >= 4 is 0 Å². The molecular formula is C14H22FNO. The van der Waals surface area contributed by atoms with Gasteiger partial charge in [-0.2, -0.15) is 0 Å². The fourth-order valence-corrected chi connectivity index (χ4v) is 1.45. The lowest BCUT2D eigenvalue weighted by Gasteiger charge is -2.19. The first-order valence-electron chi connectivity index (χ1n) is 5.98. The number of hydrogen-bond acceptors (Lipinski definition) is 2. The van der Waals surface area contributed by atoms with Crippen molar-refractivity contribution in [2.45, 2.75) is 33.2 Å². The SMILES string of the molecule is CC(C)(C)CCOCC(N)c1ccccc1F. The van der Waals surface area contributed by atoms with Gasteiger partial charge < -0.3 is 10.5 Å². The predicted octanol–water partition coefficient (Wildman–Crippen LogP) is 3.28. The van der Waals surface area contributed by atoms with E-state index in [9.17, 15) is 4.39 Å². The van der Waals surface area contributed by atoms with Crippen molar-refractivity contribution in [2.75, 3.05) is 13.2 Å². The van der Waals surface area contributed by atoms with E-state index in [0.717, 1.165) is 6.42 Å². The zero-order chi connectivity index (χ0) is 12.9. The van der Waals surface area contributed by atoms with Gasteiger partial charge in [-0.3, -0.25) is 0 Å². The number of benzene rings is 1. The molecule has 1 aromatic carbocycles. The molecule has 0 aliphatic carbocycles. The molecule has 2 nitrogen and oxygen atoms in total. The number of rotatable bonds is 5. The first-order chi connectivity index (χ1) is 7.90. The zero-order valence-corrected chi connectivity index (χ0v) is 10.9. The highest BCUT2D eigenvalue weighted by Crippen LogP contribution is 2.19. The summed E-state index contributed by atoms with van der Waals surface area (Å²) in [6.45, 7) is 7.50. The Kier molecular flexibility index (Phi) is 5.09. The second-order valence-electron chi connectivity index (χ2n) is 5.51.